The van der Waals surface area contributed by atoms with Crippen molar-refractivity contribution in [2.75, 3.05) is 13.2 Å². The Morgan fingerprint density at radius 1 is 0.462 bits per heavy atom. The van der Waals surface area contributed by atoms with Crippen LogP contribution in [-0.4, -0.2) is 87.5 Å². The molecule has 1 amide bonds. The van der Waals surface area contributed by atoms with E-state index < -0.39 is 49.5 Å². The number of aliphatic hydroxyl groups excluding tert-OH is 5. The quantitative estimate of drug-likeness (QED) is 0.0330. The average molecular weight is 927 g/mol. The Morgan fingerprint density at radius 2 is 0.769 bits per heavy atom. The predicted octanol–water partition coefficient (Wildman–Crippen LogP) is 13.9. The second-order valence-electron chi connectivity index (χ2n) is 20.5. The van der Waals surface area contributed by atoms with Gasteiger partial charge in [-0.15, -0.1) is 0 Å². The summed E-state index contributed by atoms with van der Waals surface area (Å²) in [5.41, 5.74) is 0. The lowest BCUT2D eigenvalue weighted by Crippen LogP contribution is -2.60. The maximum absolute atomic E-state index is 13.0. The first-order valence-corrected chi connectivity index (χ1v) is 28.7. The molecule has 9 nitrogen and oxygen atoms in total. The van der Waals surface area contributed by atoms with Crippen molar-refractivity contribution in [3.05, 3.63) is 0 Å². The van der Waals surface area contributed by atoms with Gasteiger partial charge >= 0.3 is 0 Å². The molecule has 1 rings (SSSR count). The van der Waals surface area contributed by atoms with Crippen molar-refractivity contribution in [3.8, 4) is 0 Å². The van der Waals surface area contributed by atoms with Crippen LogP contribution in [-0.2, 0) is 14.3 Å². The largest absolute Gasteiger partial charge is 0.394 e. The van der Waals surface area contributed by atoms with E-state index in [1.54, 1.807) is 0 Å². The van der Waals surface area contributed by atoms with Crippen LogP contribution in [0.4, 0.5) is 0 Å². The van der Waals surface area contributed by atoms with Crippen LogP contribution >= 0.6 is 0 Å². The number of unbranched alkanes of at least 4 members (excludes halogenated alkanes) is 40. The molecule has 388 valence electrons. The Labute approximate surface area is 402 Å². The molecule has 6 N–H and O–H groups in total. The van der Waals surface area contributed by atoms with E-state index in [2.05, 4.69) is 19.2 Å². The van der Waals surface area contributed by atoms with E-state index in [0.29, 0.717) is 12.8 Å². The molecule has 0 aromatic heterocycles. The van der Waals surface area contributed by atoms with Gasteiger partial charge in [-0.3, -0.25) is 4.79 Å². The average Bonchev–Trinajstić information content (AvgIpc) is 3.31. The molecule has 0 aromatic rings. The van der Waals surface area contributed by atoms with Crippen LogP contribution < -0.4 is 5.32 Å². The maximum atomic E-state index is 13.0. The third kappa shape index (κ3) is 36.8. The van der Waals surface area contributed by atoms with Crippen LogP contribution in [0.5, 0.6) is 0 Å². The molecule has 1 fully saturated rings. The van der Waals surface area contributed by atoms with Gasteiger partial charge in [0.05, 0.1) is 25.4 Å². The van der Waals surface area contributed by atoms with Gasteiger partial charge in [0.2, 0.25) is 5.91 Å². The number of nitrogens with one attached hydrogen (secondary N) is 1. The van der Waals surface area contributed by atoms with Crippen LogP contribution in [0.25, 0.3) is 0 Å². The fraction of sp³-hybridized carbons (Fsp3) is 0.982. The van der Waals surface area contributed by atoms with Gasteiger partial charge in [0.1, 0.15) is 24.4 Å². The Morgan fingerprint density at radius 3 is 1.09 bits per heavy atom. The third-order valence-electron chi connectivity index (χ3n) is 14.2. The number of hydrogen-bond acceptors (Lipinski definition) is 8. The highest BCUT2D eigenvalue weighted by atomic mass is 16.7. The molecular weight excluding hydrogens is 815 g/mol. The monoisotopic (exact) mass is 926 g/mol. The summed E-state index contributed by atoms with van der Waals surface area (Å²) in [6, 6.07) is -0.713. The standard InChI is InChI=1S/C56H111NO8/c1-3-5-7-9-11-13-15-17-19-20-21-22-23-24-25-26-27-28-29-30-32-33-35-37-39-41-43-45-50(59)49(48-64-56-55(63)54(62)53(61)51(47-58)65-56)57-52(60)46-44-42-40-38-36-34-31-18-16-14-12-10-8-6-4-2/h49-51,53-56,58-59,61-63H,3-48H2,1-2H3,(H,57,60). The molecule has 0 saturated carbocycles. The third-order valence-corrected chi connectivity index (χ3v) is 14.2. The second kappa shape index (κ2) is 46.9. The summed E-state index contributed by atoms with van der Waals surface area (Å²) in [6.45, 7) is 3.88. The SMILES string of the molecule is CCCCCCCCCCCCCCCCCCCCCCCCCCCCCC(O)C(COC1OC(CO)C(O)C(O)C1O)NC(=O)CCCCCCCCCCCCCCCCC. The van der Waals surface area contributed by atoms with Crippen molar-refractivity contribution < 1.29 is 39.8 Å². The molecule has 0 spiro atoms. The van der Waals surface area contributed by atoms with Gasteiger partial charge in [0.25, 0.3) is 0 Å². The Balaban J connectivity index is 2.16. The van der Waals surface area contributed by atoms with Gasteiger partial charge in [0, 0.05) is 6.42 Å². The first-order chi connectivity index (χ1) is 31.8. The normalized spacial score (nSPS) is 19.8. The van der Waals surface area contributed by atoms with E-state index in [1.807, 2.05) is 0 Å². The number of amides is 1. The topological polar surface area (TPSA) is 149 Å². The molecule has 0 bridgehead atoms. The minimum Gasteiger partial charge on any atom is -0.394 e. The smallest absolute Gasteiger partial charge is 0.220 e. The molecule has 1 aliphatic heterocycles. The molecule has 1 heterocycles. The second-order valence-corrected chi connectivity index (χ2v) is 20.5. The van der Waals surface area contributed by atoms with Crippen molar-refractivity contribution in [1.82, 2.24) is 5.32 Å². The molecule has 7 atom stereocenters. The summed E-state index contributed by atoms with van der Waals surface area (Å²) >= 11 is 0. The number of hydrogen-bond donors (Lipinski definition) is 6. The van der Waals surface area contributed by atoms with Crippen molar-refractivity contribution >= 4 is 5.91 Å². The number of aliphatic hydroxyl groups is 5. The molecule has 9 heteroatoms. The molecule has 1 aliphatic rings. The lowest BCUT2D eigenvalue weighted by molar-refractivity contribution is -0.302. The van der Waals surface area contributed by atoms with Gasteiger partial charge in [-0.05, 0) is 12.8 Å². The number of rotatable bonds is 50. The molecule has 0 aliphatic carbocycles. The number of ether oxygens (including phenoxy) is 2. The lowest BCUT2D eigenvalue weighted by atomic mass is 9.99. The minimum absolute atomic E-state index is 0.131. The van der Waals surface area contributed by atoms with E-state index in [-0.39, 0.29) is 12.5 Å². The Kier molecular flexibility index (Phi) is 44.9. The summed E-state index contributed by atoms with van der Waals surface area (Å²) in [7, 11) is 0. The summed E-state index contributed by atoms with van der Waals surface area (Å²) < 4.78 is 11.3. The van der Waals surface area contributed by atoms with Crippen LogP contribution in [0, 0.1) is 0 Å². The molecule has 1 saturated heterocycles. The Bertz CT molecular complexity index is 986. The van der Waals surface area contributed by atoms with Crippen molar-refractivity contribution in [3.63, 3.8) is 0 Å². The van der Waals surface area contributed by atoms with E-state index in [4.69, 9.17) is 9.47 Å². The van der Waals surface area contributed by atoms with E-state index >= 15 is 0 Å². The summed E-state index contributed by atoms with van der Waals surface area (Å²) in [6.07, 6.45) is 48.5. The first-order valence-electron chi connectivity index (χ1n) is 28.7. The zero-order valence-corrected chi connectivity index (χ0v) is 43.0. The molecule has 7 unspecified atom stereocenters. The zero-order chi connectivity index (χ0) is 47.3. The fourth-order valence-electron chi connectivity index (χ4n) is 9.64. The van der Waals surface area contributed by atoms with Crippen LogP contribution in [0.15, 0.2) is 0 Å². The molecular formula is C56H111NO8. The lowest BCUT2D eigenvalue weighted by Gasteiger charge is -2.40. The van der Waals surface area contributed by atoms with E-state index in [9.17, 15) is 30.3 Å². The minimum atomic E-state index is -1.55. The van der Waals surface area contributed by atoms with Crippen molar-refractivity contribution in [2.45, 2.75) is 339 Å². The van der Waals surface area contributed by atoms with Crippen LogP contribution in [0.2, 0.25) is 0 Å². The number of carbonyl (C=O) groups excluding carboxylic acids is 1. The highest BCUT2D eigenvalue weighted by Crippen LogP contribution is 2.23. The Hall–Kier alpha value is -0.810. The predicted molar refractivity (Wildman–Crippen MR) is 272 cm³/mol. The highest BCUT2D eigenvalue weighted by molar-refractivity contribution is 5.76. The van der Waals surface area contributed by atoms with E-state index in [1.165, 1.54) is 231 Å². The molecule has 65 heavy (non-hydrogen) atoms. The number of carbonyl (C=O) groups is 1. The van der Waals surface area contributed by atoms with Crippen molar-refractivity contribution in [2.24, 2.45) is 0 Å². The van der Waals surface area contributed by atoms with Crippen LogP contribution in [0.1, 0.15) is 296 Å². The van der Waals surface area contributed by atoms with Gasteiger partial charge in [-0.1, -0.05) is 277 Å². The summed E-state index contributed by atoms with van der Waals surface area (Å²) in [5.74, 6) is -0.138. The first kappa shape index (κ1) is 62.2. The maximum Gasteiger partial charge on any atom is 0.220 e. The van der Waals surface area contributed by atoms with E-state index in [0.717, 1.165) is 38.5 Å². The summed E-state index contributed by atoms with van der Waals surface area (Å²) in [5, 5.41) is 54.6. The zero-order valence-electron chi connectivity index (χ0n) is 43.0. The van der Waals surface area contributed by atoms with Gasteiger partial charge in [-0.2, -0.15) is 0 Å². The molecule has 0 aromatic carbocycles. The molecule has 0 radical (unpaired) electrons. The van der Waals surface area contributed by atoms with Gasteiger partial charge in [-0.25, -0.2) is 0 Å². The highest BCUT2D eigenvalue weighted by Gasteiger charge is 2.44. The summed E-state index contributed by atoms with van der Waals surface area (Å²) in [4.78, 5) is 13.0. The van der Waals surface area contributed by atoms with Gasteiger partial charge < -0.3 is 40.3 Å². The van der Waals surface area contributed by atoms with Gasteiger partial charge in [0.15, 0.2) is 6.29 Å². The van der Waals surface area contributed by atoms with Crippen LogP contribution in [0.3, 0.4) is 0 Å². The van der Waals surface area contributed by atoms with Crippen molar-refractivity contribution in [1.29, 1.82) is 0 Å². The fourth-order valence-corrected chi connectivity index (χ4v) is 9.64.